The summed E-state index contributed by atoms with van der Waals surface area (Å²) in [4.78, 5) is 25.0. The van der Waals surface area contributed by atoms with E-state index in [0.29, 0.717) is 5.56 Å². The molecule has 0 aromatic heterocycles. The highest BCUT2D eigenvalue weighted by Crippen LogP contribution is 2.14. The number of carboxylic acid groups (broad SMARTS) is 1. The van der Waals surface area contributed by atoms with Crippen molar-refractivity contribution in [2.24, 2.45) is 0 Å². The fourth-order valence-electron chi connectivity index (χ4n) is 2.77. The molecule has 1 aliphatic rings. The van der Waals surface area contributed by atoms with Crippen LogP contribution in [0.2, 0.25) is 0 Å². The summed E-state index contributed by atoms with van der Waals surface area (Å²) >= 11 is 0. The summed E-state index contributed by atoms with van der Waals surface area (Å²) in [6.45, 7) is 8.17. The first-order chi connectivity index (χ1) is 10.8. The number of hydrogen-bond donors (Lipinski definition) is 2. The van der Waals surface area contributed by atoms with E-state index in [1.165, 1.54) is 6.92 Å². The molecule has 1 heterocycles. The van der Waals surface area contributed by atoms with E-state index in [-0.39, 0.29) is 18.1 Å². The number of aliphatic carboxylic acids is 1. The Morgan fingerprint density at radius 1 is 1.26 bits per heavy atom. The van der Waals surface area contributed by atoms with Crippen molar-refractivity contribution in [1.29, 1.82) is 0 Å². The Morgan fingerprint density at radius 3 is 2.35 bits per heavy atom. The molecular formula is C17H24N2O4. The molecule has 6 nitrogen and oxygen atoms in total. The van der Waals surface area contributed by atoms with Crippen LogP contribution in [0, 0.1) is 0 Å². The van der Waals surface area contributed by atoms with Gasteiger partial charge in [0.05, 0.1) is 12.2 Å². The third kappa shape index (κ3) is 5.04. The maximum Gasteiger partial charge on any atom is 0.325 e. The minimum absolute atomic E-state index is 0.223. The predicted molar refractivity (Wildman–Crippen MR) is 86.3 cm³/mol. The largest absolute Gasteiger partial charge is 0.480 e. The molecule has 0 aliphatic carbocycles. The molecule has 23 heavy (non-hydrogen) atoms. The molecule has 0 spiro atoms. The predicted octanol–water partition coefficient (Wildman–Crippen LogP) is 1.50. The molecule has 1 amide bonds. The smallest absolute Gasteiger partial charge is 0.325 e. The van der Waals surface area contributed by atoms with Crippen molar-refractivity contribution >= 4 is 11.9 Å². The Balaban J connectivity index is 1.94. The highest BCUT2D eigenvalue weighted by molar-refractivity contribution is 5.96. The Bertz CT molecular complexity index is 548. The third-order valence-electron chi connectivity index (χ3n) is 3.84. The third-order valence-corrected chi connectivity index (χ3v) is 3.84. The summed E-state index contributed by atoms with van der Waals surface area (Å²) in [5, 5.41) is 11.3. The summed E-state index contributed by atoms with van der Waals surface area (Å²) < 4.78 is 5.72. The molecule has 0 radical (unpaired) electrons. The zero-order valence-electron chi connectivity index (χ0n) is 13.8. The number of ether oxygens (including phenoxy) is 1. The van der Waals surface area contributed by atoms with Crippen LogP contribution in [0.25, 0.3) is 0 Å². The second-order valence-electron chi connectivity index (χ2n) is 6.18. The van der Waals surface area contributed by atoms with Crippen molar-refractivity contribution in [3.05, 3.63) is 35.4 Å². The first-order valence-electron chi connectivity index (χ1n) is 7.85. The van der Waals surface area contributed by atoms with Crippen LogP contribution in [0.1, 0.15) is 36.7 Å². The minimum Gasteiger partial charge on any atom is -0.480 e. The first kappa shape index (κ1) is 17.4. The van der Waals surface area contributed by atoms with E-state index in [0.717, 1.165) is 25.2 Å². The number of carboxylic acids is 1. The standard InChI is InChI=1S/C17H24N2O4/c1-11-8-19(9-12(2)23-11)10-14-4-6-15(7-5-14)16(20)18-13(3)17(21)22/h4-7,11-13H,8-10H2,1-3H3,(H,18,20)(H,21,22)/t11?,12?,13-/m0/s1. The van der Waals surface area contributed by atoms with Crippen molar-refractivity contribution in [3.8, 4) is 0 Å². The first-order valence-corrected chi connectivity index (χ1v) is 7.85. The molecule has 1 aliphatic heterocycles. The van der Waals surface area contributed by atoms with E-state index in [9.17, 15) is 9.59 Å². The van der Waals surface area contributed by atoms with Crippen molar-refractivity contribution < 1.29 is 19.4 Å². The lowest BCUT2D eigenvalue weighted by atomic mass is 10.1. The summed E-state index contributed by atoms with van der Waals surface area (Å²) in [6.07, 6.45) is 0.447. The van der Waals surface area contributed by atoms with Crippen LogP contribution >= 0.6 is 0 Å². The lowest BCUT2D eigenvalue weighted by Crippen LogP contribution is -2.44. The summed E-state index contributed by atoms with van der Waals surface area (Å²) in [7, 11) is 0. The summed E-state index contributed by atoms with van der Waals surface area (Å²) in [6, 6.07) is 6.37. The zero-order valence-corrected chi connectivity index (χ0v) is 13.8. The molecule has 6 heteroatoms. The van der Waals surface area contributed by atoms with E-state index in [1.54, 1.807) is 12.1 Å². The van der Waals surface area contributed by atoms with Gasteiger partial charge in [-0.2, -0.15) is 0 Å². The number of hydrogen-bond acceptors (Lipinski definition) is 4. The molecule has 1 fully saturated rings. The average Bonchev–Trinajstić information content (AvgIpc) is 2.46. The molecule has 1 aromatic rings. The lowest BCUT2D eigenvalue weighted by Gasteiger charge is -2.35. The maximum absolute atomic E-state index is 11.9. The maximum atomic E-state index is 11.9. The van der Waals surface area contributed by atoms with Crippen molar-refractivity contribution in [2.75, 3.05) is 13.1 Å². The van der Waals surface area contributed by atoms with E-state index >= 15 is 0 Å². The van der Waals surface area contributed by atoms with Crippen LogP contribution in [-0.4, -0.2) is 53.2 Å². The van der Waals surface area contributed by atoms with Crippen LogP contribution in [-0.2, 0) is 16.1 Å². The number of benzene rings is 1. The van der Waals surface area contributed by atoms with Gasteiger partial charge < -0.3 is 15.2 Å². The quantitative estimate of drug-likeness (QED) is 0.859. The van der Waals surface area contributed by atoms with E-state index in [4.69, 9.17) is 9.84 Å². The van der Waals surface area contributed by atoms with Gasteiger partial charge in [0.2, 0.25) is 0 Å². The molecule has 1 saturated heterocycles. The molecule has 2 N–H and O–H groups in total. The number of carbonyl (C=O) groups is 2. The van der Waals surface area contributed by atoms with E-state index in [2.05, 4.69) is 24.1 Å². The highest BCUT2D eigenvalue weighted by Gasteiger charge is 2.22. The molecule has 2 rings (SSSR count). The number of nitrogens with zero attached hydrogens (tertiary/aromatic N) is 1. The highest BCUT2D eigenvalue weighted by atomic mass is 16.5. The number of carbonyl (C=O) groups excluding carboxylic acids is 1. The summed E-state index contributed by atoms with van der Waals surface area (Å²) in [5.74, 6) is -1.43. The Morgan fingerprint density at radius 2 is 1.83 bits per heavy atom. The van der Waals surface area contributed by atoms with Crippen molar-refractivity contribution in [3.63, 3.8) is 0 Å². The number of amides is 1. The number of nitrogens with one attached hydrogen (secondary N) is 1. The van der Waals surface area contributed by atoms with Gasteiger partial charge in [0.1, 0.15) is 6.04 Å². The van der Waals surface area contributed by atoms with Crippen LogP contribution in [0.4, 0.5) is 0 Å². The van der Waals surface area contributed by atoms with Gasteiger partial charge in [0.15, 0.2) is 0 Å². The Labute approximate surface area is 136 Å². The van der Waals surface area contributed by atoms with Gasteiger partial charge >= 0.3 is 5.97 Å². The fraction of sp³-hybridized carbons (Fsp3) is 0.529. The summed E-state index contributed by atoms with van der Waals surface area (Å²) in [5.41, 5.74) is 1.58. The van der Waals surface area contributed by atoms with Crippen LogP contribution in [0.3, 0.4) is 0 Å². The van der Waals surface area contributed by atoms with Crippen LogP contribution in [0.15, 0.2) is 24.3 Å². The number of rotatable bonds is 5. The van der Waals surface area contributed by atoms with Crippen LogP contribution in [0.5, 0.6) is 0 Å². The van der Waals surface area contributed by atoms with E-state index in [1.807, 2.05) is 12.1 Å². The SMILES string of the molecule is CC1CN(Cc2ccc(C(=O)N[C@@H](C)C(=O)O)cc2)CC(C)O1. The molecule has 2 unspecified atom stereocenters. The van der Waals surface area contributed by atoms with Gasteiger partial charge in [-0.1, -0.05) is 12.1 Å². The molecule has 0 saturated carbocycles. The molecule has 3 atom stereocenters. The molecule has 1 aromatic carbocycles. The zero-order chi connectivity index (χ0) is 17.0. The molecular weight excluding hydrogens is 296 g/mol. The van der Waals surface area contributed by atoms with Gasteiger partial charge in [0, 0.05) is 25.2 Å². The number of morpholine rings is 1. The normalized spacial score (nSPS) is 23.3. The van der Waals surface area contributed by atoms with Gasteiger partial charge in [-0.05, 0) is 38.5 Å². The monoisotopic (exact) mass is 320 g/mol. The fourth-order valence-corrected chi connectivity index (χ4v) is 2.77. The van der Waals surface area contributed by atoms with Crippen molar-refractivity contribution in [2.45, 2.75) is 45.6 Å². The van der Waals surface area contributed by atoms with Crippen LogP contribution < -0.4 is 5.32 Å². The minimum atomic E-state index is -1.05. The van der Waals surface area contributed by atoms with Crippen molar-refractivity contribution in [1.82, 2.24) is 10.2 Å². The van der Waals surface area contributed by atoms with Gasteiger partial charge in [0.25, 0.3) is 5.91 Å². The molecule has 0 bridgehead atoms. The Kier molecular flexibility index (Phi) is 5.74. The second kappa shape index (κ2) is 7.57. The van der Waals surface area contributed by atoms with Gasteiger partial charge in [-0.3, -0.25) is 14.5 Å². The lowest BCUT2D eigenvalue weighted by molar-refractivity contribution is -0.138. The van der Waals surface area contributed by atoms with Gasteiger partial charge in [-0.25, -0.2) is 0 Å². The Hall–Kier alpha value is -1.92. The average molecular weight is 320 g/mol. The second-order valence-corrected chi connectivity index (χ2v) is 6.18. The topological polar surface area (TPSA) is 78.9 Å². The van der Waals surface area contributed by atoms with Gasteiger partial charge in [-0.15, -0.1) is 0 Å². The van der Waals surface area contributed by atoms with E-state index < -0.39 is 12.0 Å². The molecule has 126 valence electrons.